The maximum absolute atomic E-state index is 12.1. The molecule has 0 unspecified atom stereocenters. The Morgan fingerprint density at radius 1 is 1.23 bits per heavy atom. The molecule has 0 saturated carbocycles. The molecule has 3 rings (SSSR count). The summed E-state index contributed by atoms with van der Waals surface area (Å²) in [5, 5.41) is 9.81. The lowest BCUT2D eigenvalue weighted by atomic mass is 10.1. The number of nitrogens with one attached hydrogen (secondary N) is 2. The highest BCUT2D eigenvalue weighted by Crippen LogP contribution is 2.19. The Bertz CT molecular complexity index is 942. The summed E-state index contributed by atoms with van der Waals surface area (Å²) in [5.41, 5.74) is 1.28. The first-order valence-electron chi connectivity index (χ1n) is 7.86. The second-order valence-electron chi connectivity index (χ2n) is 5.38. The summed E-state index contributed by atoms with van der Waals surface area (Å²) in [7, 11) is 0. The lowest BCUT2D eigenvalue weighted by Crippen LogP contribution is -2.20. The zero-order valence-corrected chi connectivity index (χ0v) is 15.3. The number of carbonyl (C=O) groups excluding carboxylic acids is 1. The van der Waals surface area contributed by atoms with E-state index in [9.17, 15) is 9.59 Å². The van der Waals surface area contributed by atoms with Gasteiger partial charge in [0.1, 0.15) is 0 Å². The fourth-order valence-corrected chi connectivity index (χ4v) is 3.23. The molecular weight excluding hydrogens is 374 g/mol. The summed E-state index contributed by atoms with van der Waals surface area (Å²) < 4.78 is 1.53. The van der Waals surface area contributed by atoms with E-state index in [0.717, 1.165) is 5.56 Å². The van der Waals surface area contributed by atoms with Crippen molar-refractivity contribution in [1.29, 1.82) is 0 Å². The SMILES string of the molecule is O=C(CSc1n[nH]c(=O)n1CCc1ccccc1)Nc1cccnc1Cl. The van der Waals surface area contributed by atoms with Crippen molar-refractivity contribution in [1.82, 2.24) is 19.7 Å². The Morgan fingerprint density at radius 2 is 2.04 bits per heavy atom. The van der Waals surface area contributed by atoms with Gasteiger partial charge in [-0.2, -0.15) is 0 Å². The molecule has 134 valence electrons. The van der Waals surface area contributed by atoms with Crippen LogP contribution in [-0.4, -0.2) is 31.4 Å². The van der Waals surface area contributed by atoms with E-state index < -0.39 is 0 Å². The Labute approximate surface area is 158 Å². The van der Waals surface area contributed by atoms with E-state index >= 15 is 0 Å². The van der Waals surface area contributed by atoms with Gasteiger partial charge in [-0.1, -0.05) is 53.7 Å². The van der Waals surface area contributed by atoms with Gasteiger partial charge in [-0.15, -0.1) is 5.10 Å². The summed E-state index contributed by atoms with van der Waals surface area (Å²) in [6.07, 6.45) is 2.24. The third-order valence-corrected chi connectivity index (χ3v) is 4.83. The van der Waals surface area contributed by atoms with Crippen LogP contribution in [-0.2, 0) is 17.8 Å². The second-order valence-corrected chi connectivity index (χ2v) is 6.68. The molecule has 2 aromatic heterocycles. The number of anilines is 1. The quantitative estimate of drug-likeness (QED) is 0.478. The van der Waals surface area contributed by atoms with E-state index in [4.69, 9.17) is 11.6 Å². The zero-order valence-electron chi connectivity index (χ0n) is 13.7. The first-order chi connectivity index (χ1) is 12.6. The topological polar surface area (TPSA) is 92.7 Å². The number of nitrogens with zero attached hydrogens (tertiary/aromatic N) is 3. The Kier molecular flexibility index (Phi) is 6.08. The van der Waals surface area contributed by atoms with Crippen LogP contribution in [0.25, 0.3) is 0 Å². The molecule has 1 amide bonds. The largest absolute Gasteiger partial charge is 0.343 e. The molecule has 0 aliphatic heterocycles. The molecule has 0 bridgehead atoms. The molecule has 26 heavy (non-hydrogen) atoms. The minimum absolute atomic E-state index is 0.0981. The highest BCUT2D eigenvalue weighted by Gasteiger charge is 2.12. The summed E-state index contributed by atoms with van der Waals surface area (Å²) >= 11 is 7.10. The maximum atomic E-state index is 12.1. The number of amides is 1. The lowest BCUT2D eigenvalue weighted by molar-refractivity contribution is -0.113. The molecule has 1 aromatic carbocycles. The van der Waals surface area contributed by atoms with Crippen LogP contribution >= 0.6 is 23.4 Å². The van der Waals surface area contributed by atoms with Gasteiger partial charge in [-0.25, -0.2) is 14.9 Å². The third-order valence-electron chi connectivity index (χ3n) is 3.56. The number of hydrogen-bond donors (Lipinski definition) is 2. The number of H-pyrrole nitrogens is 1. The van der Waals surface area contributed by atoms with Gasteiger partial charge in [-0.05, 0) is 24.1 Å². The Hall–Kier alpha value is -2.58. The van der Waals surface area contributed by atoms with E-state index in [-0.39, 0.29) is 22.5 Å². The molecular formula is C17H16ClN5O2S. The standard InChI is InChI=1S/C17H16ClN5O2S/c18-15-13(7-4-9-19-15)20-14(24)11-26-17-22-21-16(25)23(17)10-8-12-5-2-1-3-6-12/h1-7,9H,8,10-11H2,(H,20,24)(H,21,25). The van der Waals surface area contributed by atoms with Crippen molar-refractivity contribution in [3.63, 3.8) is 0 Å². The van der Waals surface area contributed by atoms with Crippen molar-refractivity contribution in [3.05, 3.63) is 69.9 Å². The normalized spacial score (nSPS) is 10.7. The van der Waals surface area contributed by atoms with Crippen LogP contribution in [0.1, 0.15) is 5.56 Å². The number of carbonyl (C=O) groups is 1. The molecule has 7 nitrogen and oxygen atoms in total. The van der Waals surface area contributed by atoms with Crippen LogP contribution in [0.5, 0.6) is 0 Å². The average molecular weight is 390 g/mol. The molecule has 9 heteroatoms. The summed E-state index contributed by atoms with van der Waals surface area (Å²) in [4.78, 5) is 27.9. The molecule has 0 aliphatic carbocycles. The zero-order chi connectivity index (χ0) is 18.4. The van der Waals surface area contributed by atoms with Crippen LogP contribution < -0.4 is 11.0 Å². The fourth-order valence-electron chi connectivity index (χ4n) is 2.29. The van der Waals surface area contributed by atoms with E-state index in [1.54, 1.807) is 18.3 Å². The molecule has 2 heterocycles. The first kappa shape index (κ1) is 18.2. The highest BCUT2D eigenvalue weighted by atomic mass is 35.5. The Morgan fingerprint density at radius 3 is 2.81 bits per heavy atom. The van der Waals surface area contributed by atoms with E-state index in [1.165, 1.54) is 16.3 Å². The van der Waals surface area contributed by atoms with Gasteiger partial charge in [0.05, 0.1) is 11.4 Å². The smallest absolute Gasteiger partial charge is 0.323 e. The van der Waals surface area contributed by atoms with Crippen molar-refractivity contribution in [2.75, 3.05) is 11.1 Å². The lowest BCUT2D eigenvalue weighted by Gasteiger charge is -2.07. The molecule has 0 spiro atoms. The van der Waals surface area contributed by atoms with Crippen molar-refractivity contribution >= 4 is 35.0 Å². The van der Waals surface area contributed by atoms with Crippen molar-refractivity contribution < 1.29 is 4.79 Å². The van der Waals surface area contributed by atoms with Crippen molar-refractivity contribution in [3.8, 4) is 0 Å². The monoisotopic (exact) mass is 389 g/mol. The van der Waals surface area contributed by atoms with Gasteiger partial charge >= 0.3 is 5.69 Å². The fraction of sp³-hybridized carbons (Fsp3) is 0.176. The average Bonchev–Trinajstić information content (AvgIpc) is 3.01. The number of thioether (sulfide) groups is 1. The number of hydrogen-bond acceptors (Lipinski definition) is 5. The second kappa shape index (κ2) is 8.68. The summed E-state index contributed by atoms with van der Waals surface area (Å²) in [6, 6.07) is 13.2. The number of benzene rings is 1. The minimum atomic E-state index is -0.292. The molecule has 0 saturated heterocycles. The third kappa shape index (κ3) is 4.74. The predicted octanol–water partition coefficient (Wildman–Crippen LogP) is 2.59. The van der Waals surface area contributed by atoms with Crippen molar-refractivity contribution in [2.24, 2.45) is 0 Å². The van der Waals surface area contributed by atoms with Gasteiger partial charge < -0.3 is 5.32 Å². The Balaban J connectivity index is 1.59. The molecule has 0 radical (unpaired) electrons. The molecule has 0 fully saturated rings. The summed E-state index contributed by atoms with van der Waals surface area (Å²) in [5.74, 6) is -0.157. The number of pyridine rings is 1. The van der Waals surface area contributed by atoms with Gasteiger partial charge in [0.15, 0.2) is 10.3 Å². The number of aryl methyl sites for hydroxylation is 1. The molecule has 0 atom stereocenters. The van der Waals surface area contributed by atoms with Crippen LogP contribution in [0, 0.1) is 0 Å². The first-order valence-corrected chi connectivity index (χ1v) is 9.22. The number of rotatable bonds is 7. The van der Waals surface area contributed by atoms with Gasteiger partial charge in [0, 0.05) is 12.7 Å². The van der Waals surface area contributed by atoms with Gasteiger partial charge in [0.25, 0.3) is 0 Å². The molecule has 2 N–H and O–H groups in total. The minimum Gasteiger partial charge on any atom is -0.323 e. The van der Waals surface area contributed by atoms with Gasteiger partial charge in [-0.3, -0.25) is 9.36 Å². The maximum Gasteiger partial charge on any atom is 0.343 e. The van der Waals surface area contributed by atoms with Crippen LogP contribution in [0.15, 0.2) is 58.6 Å². The predicted molar refractivity (Wildman–Crippen MR) is 102 cm³/mol. The van der Waals surface area contributed by atoms with Crippen LogP contribution in [0.3, 0.4) is 0 Å². The number of halogens is 1. The van der Waals surface area contributed by atoms with Crippen molar-refractivity contribution in [2.45, 2.75) is 18.1 Å². The van der Waals surface area contributed by atoms with Crippen LogP contribution in [0.4, 0.5) is 5.69 Å². The van der Waals surface area contributed by atoms with E-state index in [2.05, 4.69) is 20.5 Å². The number of aromatic nitrogens is 4. The van der Waals surface area contributed by atoms with E-state index in [0.29, 0.717) is 23.8 Å². The van der Waals surface area contributed by atoms with E-state index in [1.807, 2.05) is 30.3 Å². The van der Waals surface area contributed by atoms with Gasteiger partial charge in [0.2, 0.25) is 5.91 Å². The highest BCUT2D eigenvalue weighted by molar-refractivity contribution is 7.99. The number of aromatic amines is 1. The molecule has 3 aromatic rings. The molecule has 0 aliphatic rings. The summed E-state index contributed by atoms with van der Waals surface area (Å²) in [6.45, 7) is 0.484. The van der Waals surface area contributed by atoms with Crippen LogP contribution in [0.2, 0.25) is 5.15 Å².